The average Bonchev–Trinajstić information content (AvgIpc) is 2.40. The summed E-state index contributed by atoms with van der Waals surface area (Å²) in [5.74, 6) is 1.59. The van der Waals surface area contributed by atoms with E-state index in [0.29, 0.717) is 12.0 Å². The fraction of sp³-hybridized carbons (Fsp3) is 0.571. The van der Waals surface area contributed by atoms with Crippen LogP contribution in [-0.2, 0) is 4.74 Å². The second-order valence-electron chi connectivity index (χ2n) is 4.64. The summed E-state index contributed by atoms with van der Waals surface area (Å²) in [5.41, 5.74) is 1.32. The second kappa shape index (κ2) is 6.03. The fourth-order valence-corrected chi connectivity index (χ4v) is 2.44. The Hall–Kier alpha value is -1.06. The number of hydrogen-bond donors (Lipinski definition) is 1. The van der Waals surface area contributed by atoms with Crippen LogP contribution in [0.2, 0.25) is 0 Å². The number of piperidine rings is 1. The third-order valence-corrected chi connectivity index (χ3v) is 3.42. The predicted octanol–water partition coefficient (Wildman–Crippen LogP) is 2.38. The van der Waals surface area contributed by atoms with Crippen LogP contribution in [0.4, 0.5) is 0 Å². The van der Waals surface area contributed by atoms with E-state index in [1.807, 2.05) is 6.07 Å². The Morgan fingerprint density at radius 1 is 1.29 bits per heavy atom. The molecule has 1 aliphatic heterocycles. The van der Waals surface area contributed by atoms with E-state index in [9.17, 15) is 0 Å². The maximum Gasteiger partial charge on any atom is 0.119 e. The summed E-state index contributed by atoms with van der Waals surface area (Å²) in [5, 5.41) is 3.59. The Balaban J connectivity index is 1.95. The minimum atomic E-state index is 0.457. The van der Waals surface area contributed by atoms with Gasteiger partial charge in [0.15, 0.2) is 0 Å². The molecule has 2 unspecified atom stereocenters. The van der Waals surface area contributed by atoms with E-state index in [2.05, 4.69) is 23.5 Å². The zero-order valence-electron chi connectivity index (χ0n) is 10.6. The molecule has 0 saturated carbocycles. The van der Waals surface area contributed by atoms with Crippen LogP contribution in [0.25, 0.3) is 0 Å². The molecule has 3 heteroatoms. The van der Waals surface area contributed by atoms with Crippen LogP contribution < -0.4 is 10.1 Å². The molecule has 1 fully saturated rings. The maximum absolute atomic E-state index is 5.26. The van der Waals surface area contributed by atoms with E-state index < -0.39 is 0 Å². The zero-order chi connectivity index (χ0) is 12.1. The number of ether oxygens (including phenoxy) is 2. The molecular formula is C14H21NO2. The molecule has 1 saturated heterocycles. The van der Waals surface area contributed by atoms with Gasteiger partial charge in [0.1, 0.15) is 5.75 Å². The van der Waals surface area contributed by atoms with Crippen molar-refractivity contribution in [3.63, 3.8) is 0 Å². The third kappa shape index (κ3) is 3.20. The van der Waals surface area contributed by atoms with Gasteiger partial charge >= 0.3 is 0 Å². The van der Waals surface area contributed by atoms with E-state index in [1.165, 1.54) is 18.4 Å². The van der Waals surface area contributed by atoms with Gasteiger partial charge in [-0.1, -0.05) is 12.1 Å². The lowest BCUT2D eigenvalue weighted by atomic mass is 9.91. The Labute approximate surface area is 103 Å². The Morgan fingerprint density at radius 2 is 2.18 bits per heavy atom. The molecule has 94 valence electrons. The summed E-state index contributed by atoms with van der Waals surface area (Å²) < 4.78 is 10.5. The monoisotopic (exact) mass is 235 g/mol. The topological polar surface area (TPSA) is 30.5 Å². The average molecular weight is 235 g/mol. The lowest BCUT2D eigenvalue weighted by Gasteiger charge is -2.30. The lowest BCUT2D eigenvalue weighted by Crippen LogP contribution is -2.35. The number of nitrogens with one attached hydrogen (secondary N) is 1. The molecule has 0 radical (unpaired) electrons. The third-order valence-electron chi connectivity index (χ3n) is 3.42. The van der Waals surface area contributed by atoms with Crippen molar-refractivity contribution in [1.29, 1.82) is 0 Å². The zero-order valence-corrected chi connectivity index (χ0v) is 10.6. The van der Waals surface area contributed by atoms with Crippen LogP contribution >= 0.6 is 0 Å². The van der Waals surface area contributed by atoms with Crippen molar-refractivity contribution in [2.24, 2.45) is 5.92 Å². The molecular weight excluding hydrogens is 214 g/mol. The van der Waals surface area contributed by atoms with Crippen LogP contribution in [0.1, 0.15) is 24.4 Å². The SMILES string of the molecule is COCC1CCC(c2cccc(OC)c2)NC1. The highest BCUT2D eigenvalue weighted by molar-refractivity contribution is 5.30. The maximum atomic E-state index is 5.26. The first-order valence-electron chi connectivity index (χ1n) is 6.19. The summed E-state index contributed by atoms with van der Waals surface area (Å²) >= 11 is 0. The summed E-state index contributed by atoms with van der Waals surface area (Å²) in [7, 11) is 3.48. The summed E-state index contributed by atoms with van der Waals surface area (Å²) in [4.78, 5) is 0. The number of benzene rings is 1. The first kappa shape index (κ1) is 12.4. The van der Waals surface area contributed by atoms with Gasteiger partial charge in [0.25, 0.3) is 0 Å². The Kier molecular flexibility index (Phi) is 4.40. The van der Waals surface area contributed by atoms with E-state index in [4.69, 9.17) is 9.47 Å². The highest BCUT2D eigenvalue weighted by Gasteiger charge is 2.21. The Morgan fingerprint density at radius 3 is 2.82 bits per heavy atom. The molecule has 0 amide bonds. The van der Waals surface area contributed by atoms with Gasteiger partial charge in [-0.25, -0.2) is 0 Å². The highest BCUT2D eigenvalue weighted by Crippen LogP contribution is 2.27. The van der Waals surface area contributed by atoms with E-state index in [1.54, 1.807) is 14.2 Å². The van der Waals surface area contributed by atoms with Gasteiger partial charge in [-0.15, -0.1) is 0 Å². The summed E-state index contributed by atoms with van der Waals surface area (Å²) in [6.07, 6.45) is 2.39. The van der Waals surface area contributed by atoms with Crippen LogP contribution in [-0.4, -0.2) is 27.4 Å². The lowest BCUT2D eigenvalue weighted by molar-refractivity contribution is 0.129. The van der Waals surface area contributed by atoms with E-state index >= 15 is 0 Å². The smallest absolute Gasteiger partial charge is 0.119 e. The largest absolute Gasteiger partial charge is 0.497 e. The van der Waals surface area contributed by atoms with Gasteiger partial charge in [0.2, 0.25) is 0 Å². The van der Waals surface area contributed by atoms with Crippen LogP contribution in [0.5, 0.6) is 5.75 Å². The van der Waals surface area contributed by atoms with Crippen molar-refractivity contribution in [3.05, 3.63) is 29.8 Å². The molecule has 0 aliphatic carbocycles. The minimum Gasteiger partial charge on any atom is -0.497 e. The molecule has 1 N–H and O–H groups in total. The highest BCUT2D eigenvalue weighted by atomic mass is 16.5. The molecule has 2 atom stereocenters. The van der Waals surface area contributed by atoms with Crippen LogP contribution in [0.15, 0.2) is 24.3 Å². The molecule has 0 spiro atoms. The molecule has 0 aromatic heterocycles. The van der Waals surface area contributed by atoms with Gasteiger partial charge in [-0.2, -0.15) is 0 Å². The molecule has 1 heterocycles. The summed E-state index contributed by atoms with van der Waals surface area (Å²) in [6.45, 7) is 1.90. The molecule has 1 aromatic rings. The van der Waals surface area contributed by atoms with Gasteiger partial charge in [-0.3, -0.25) is 0 Å². The molecule has 2 rings (SSSR count). The fourth-order valence-electron chi connectivity index (χ4n) is 2.44. The van der Waals surface area contributed by atoms with Crippen LogP contribution in [0, 0.1) is 5.92 Å². The van der Waals surface area contributed by atoms with E-state index in [-0.39, 0.29) is 0 Å². The van der Waals surface area contributed by atoms with Gasteiger partial charge in [0.05, 0.1) is 13.7 Å². The number of rotatable bonds is 4. The first-order valence-corrected chi connectivity index (χ1v) is 6.19. The van der Waals surface area contributed by atoms with Crippen molar-refractivity contribution in [2.75, 3.05) is 27.4 Å². The van der Waals surface area contributed by atoms with Crippen LogP contribution in [0.3, 0.4) is 0 Å². The molecule has 1 aliphatic rings. The normalized spacial score (nSPS) is 24.6. The van der Waals surface area contributed by atoms with Gasteiger partial charge in [-0.05, 0) is 36.5 Å². The van der Waals surface area contributed by atoms with Crippen molar-refractivity contribution in [2.45, 2.75) is 18.9 Å². The van der Waals surface area contributed by atoms with E-state index in [0.717, 1.165) is 18.9 Å². The van der Waals surface area contributed by atoms with Crippen molar-refractivity contribution >= 4 is 0 Å². The van der Waals surface area contributed by atoms with Crippen molar-refractivity contribution in [1.82, 2.24) is 5.32 Å². The first-order chi connectivity index (χ1) is 8.33. The summed E-state index contributed by atoms with van der Waals surface area (Å²) in [6, 6.07) is 8.78. The number of hydrogen-bond acceptors (Lipinski definition) is 3. The predicted molar refractivity (Wildman–Crippen MR) is 68.3 cm³/mol. The second-order valence-corrected chi connectivity index (χ2v) is 4.64. The molecule has 17 heavy (non-hydrogen) atoms. The molecule has 0 bridgehead atoms. The minimum absolute atomic E-state index is 0.457. The molecule has 1 aromatic carbocycles. The Bertz CT molecular complexity index is 346. The van der Waals surface area contributed by atoms with Crippen molar-refractivity contribution in [3.8, 4) is 5.75 Å². The quantitative estimate of drug-likeness (QED) is 0.869. The van der Waals surface area contributed by atoms with Gasteiger partial charge in [0, 0.05) is 19.7 Å². The molecule has 3 nitrogen and oxygen atoms in total. The standard InChI is InChI=1S/C14H21NO2/c1-16-10-11-6-7-14(15-9-11)12-4-3-5-13(8-12)17-2/h3-5,8,11,14-15H,6-7,9-10H2,1-2H3. The number of methoxy groups -OCH3 is 2. The van der Waals surface area contributed by atoms with Crippen molar-refractivity contribution < 1.29 is 9.47 Å². The van der Waals surface area contributed by atoms with Gasteiger partial charge < -0.3 is 14.8 Å².